The molecule has 0 atom stereocenters. The standard InChI is InChI=1S/C21H27N3O4S/c1-15-6-7-18(16(2)12-15)13-23(4)21(26)14-24(5)29(27,28)20-10-8-19(9-11-20)22-17(3)25/h6-12H,13-14H2,1-5H3,(H,22,25). The summed E-state index contributed by atoms with van der Waals surface area (Å²) in [6.07, 6.45) is 0. The van der Waals surface area contributed by atoms with Gasteiger partial charge in [-0.05, 0) is 49.2 Å². The molecule has 1 N–H and O–H groups in total. The summed E-state index contributed by atoms with van der Waals surface area (Å²) >= 11 is 0. The molecule has 29 heavy (non-hydrogen) atoms. The number of carbonyl (C=O) groups is 2. The van der Waals surface area contributed by atoms with E-state index in [1.54, 1.807) is 7.05 Å². The number of anilines is 1. The minimum absolute atomic E-state index is 0.0546. The summed E-state index contributed by atoms with van der Waals surface area (Å²) in [5, 5.41) is 2.58. The van der Waals surface area contributed by atoms with E-state index in [-0.39, 0.29) is 23.3 Å². The number of benzene rings is 2. The van der Waals surface area contributed by atoms with Gasteiger partial charge in [0.1, 0.15) is 0 Å². The van der Waals surface area contributed by atoms with Gasteiger partial charge in [-0.1, -0.05) is 23.8 Å². The summed E-state index contributed by atoms with van der Waals surface area (Å²) in [6.45, 7) is 5.51. The fraction of sp³-hybridized carbons (Fsp3) is 0.333. The van der Waals surface area contributed by atoms with Crippen LogP contribution < -0.4 is 5.32 Å². The van der Waals surface area contributed by atoms with Crippen molar-refractivity contribution < 1.29 is 18.0 Å². The minimum atomic E-state index is -3.83. The van der Waals surface area contributed by atoms with Crippen LogP contribution in [0.3, 0.4) is 0 Å². The Hall–Kier alpha value is -2.71. The van der Waals surface area contributed by atoms with E-state index in [1.807, 2.05) is 26.0 Å². The molecular formula is C21H27N3O4S. The van der Waals surface area contributed by atoms with E-state index in [4.69, 9.17) is 0 Å². The van der Waals surface area contributed by atoms with E-state index in [0.717, 1.165) is 21.0 Å². The number of nitrogens with one attached hydrogen (secondary N) is 1. The molecular weight excluding hydrogens is 390 g/mol. The number of hydrogen-bond donors (Lipinski definition) is 1. The van der Waals surface area contributed by atoms with E-state index in [2.05, 4.69) is 11.4 Å². The van der Waals surface area contributed by atoms with Crippen molar-refractivity contribution in [2.75, 3.05) is 26.0 Å². The molecule has 0 saturated heterocycles. The molecule has 0 aliphatic rings. The summed E-state index contributed by atoms with van der Waals surface area (Å²) < 4.78 is 26.5. The highest BCUT2D eigenvalue weighted by Gasteiger charge is 2.24. The van der Waals surface area contributed by atoms with Gasteiger partial charge in [-0.25, -0.2) is 8.42 Å². The zero-order valence-electron chi connectivity index (χ0n) is 17.4. The minimum Gasteiger partial charge on any atom is -0.340 e. The van der Waals surface area contributed by atoms with Crippen molar-refractivity contribution in [2.24, 2.45) is 0 Å². The summed E-state index contributed by atoms with van der Waals surface area (Å²) in [4.78, 5) is 25.2. The molecule has 2 rings (SSSR count). The van der Waals surface area contributed by atoms with Crippen LogP contribution in [0.5, 0.6) is 0 Å². The van der Waals surface area contributed by atoms with E-state index in [0.29, 0.717) is 12.2 Å². The summed E-state index contributed by atoms with van der Waals surface area (Å²) in [5.41, 5.74) is 3.76. The van der Waals surface area contributed by atoms with Crippen molar-refractivity contribution in [3.05, 3.63) is 59.2 Å². The van der Waals surface area contributed by atoms with E-state index in [1.165, 1.54) is 43.1 Å². The Morgan fingerprint density at radius 3 is 2.17 bits per heavy atom. The number of rotatable bonds is 7. The Balaban J connectivity index is 2.05. The molecule has 0 aliphatic carbocycles. The second-order valence-corrected chi connectivity index (χ2v) is 9.19. The molecule has 2 amide bonds. The third-order valence-corrected chi connectivity index (χ3v) is 6.39. The fourth-order valence-corrected chi connectivity index (χ4v) is 3.98. The van der Waals surface area contributed by atoms with Gasteiger partial charge in [0, 0.05) is 33.3 Å². The molecule has 7 nitrogen and oxygen atoms in total. The van der Waals surface area contributed by atoms with E-state index < -0.39 is 10.0 Å². The van der Waals surface area contributed by atoms with Gasteiger partial charge in [-0.3, -0.25) is 9.59 Å². The van der Waals surface area contributed by atoms with E-state index >= 15 is 0 Å². The molecule has 0 saturated carbocycles. The molecule has 0 radical (unpaired) electrons. The molecule has 0 spiro atoms. The lowest BCUT2D eigenvalue weighted by atomic mass is 10.1. The molecule has 0 bridgehead atoms. The fourth-order valence-electron chi connectivity index (χ4n) is 2.86. The predicted octanol–water partition coefficient (Wildman–Crippen LogP) is 2.54. The Kier molecular flexibility index (Phi) is 7.16. The molecule has 0 aliphatic heterocycles. The predicted molar refractivity (Wildman–Crippen MR) is 113 cm³/mol. The smallest absolute Gasteiger partial charge is 0.243 e. The Morgan fingerprint density at radius 2 is 1.62 bits per heavy atom. The van der Waals surface area contributed by atoms with Crippen molar-refractivity contribution in [2.45, 2.75) is 32.2 Å². The number of hydrogen-bond acceptors (Lipinski definition) is 4. The quantitative estimate of drug-likeness (QED) is 0.750. The van der Waals surface area contributed by atoms with Crippen LogP contribution >= 0.6 is 0 Å². The normalized spacial score (nSPS) is 11.4. The first-order valence-corrected chi connectivity index (χ1v) is 10.6. The van der Waals surface area contributed by atoms with Gasteiger partial charge in [0.25, 0.3) is 0 Å². The Morgan fingerprint density at radius 1 is 1.00 bits per heavy atom. The Labute approximate surface area is 172 Å². The van der Waals surface area contributed by atoms with Crippen LogP contribution in [0.4, 0.5) is 5.69 Å². The number of aryl methyl sites for hydroxylation is 2. The third-order valence-electron chi connectivity index (χ3n) is 4.57. The van der Waals surface area contributed by atoms with Crippen molar-refractivity contribution >= 4 is 27.5 Å². The maximum atomic E-state index is 12.7. The van der Waals surface area contributed by atoms with Gasteiger partial charge in [-0.15, -0.1) is 0 Å². The van der Waals surface area contributed by atoms with Gasteiger partial charge in [0.2, 0.25) is 21.8 Å². The first-order chi connectivity index (χ1) is 13.5. The molecule has 0 fully saturated rings. The highest BCUT2D eigenvalue weighted by molar-refractivity contribution is 7.89. The van der Waals surface area contributed by atoms with Gasteiger partial charge in [0.05, 0.1) is 11.4 Å². The molecule has 2 aromatic rings. The number of carbonyl (C=O) groups excluding carboxylic acids is 2. The monoisotopic (exact) mass is 417 g/mol. The highest BCUT2D eigenvalue weighted by Crippen LogP contribution is 2.18. The zero-order chi connectivity index (χ0) is 21.8. The molecule has 0 aromatic heterocycles. The molecule has 2 aromatic carbocycles. The van der Waals surface area contributed by atoms with Crippen LogP contribution in [-0.2, 0) is 26.2 Å². The molecule has 0 heterocycles. The maximum Gasteiger partial charge on any atom is 0.243 e. The summed E-state index contributed by atoms with van der Waals surface area (Å²) in [5.74, 6) is -0.541. The lowest BCUT2D eigenvalue weighted by molar-refractivity contribution is -0.130. The van der Waals surface area contributed by atoms with Crippen molar-refractivity contribution in [1.82, 2.24) is 9.21 Å². The molecule has 156 valence electrons. The summed E-state index contributed by atoms with van der Waals surface area (Å²) in [7, 11) is -0.794. The number of sulfonamides is 1. The van der Waals surface area contributed by atoms with Crippen LogP contribution in [0.1, 0.15) is 23.6 Å². The maximum absolute atomic E-state index is 12.7. The molecule has 8 heteroatoms. The van der Waals surface area contributed by atoms with Crippen molar-refractivity contribution in [3.8, 4) is 0 Å². The number of likely N-dealkylation sites (N-methyl/N-ethyl adjacent to an activating group) is 2. The Bertz CT molecular complexity index is 1000. The average Bonchev–Trinajstić information content (AvgIpc) is 2.63. The SMILES string of the molecule is CC(=O)Nc1ccc(S(=O)(=O)N(C)CC(=O)N(C)Cc2ccc(C)cc2C)cc1. The van der Waals surface area contributed by atoms with Crippen LogP contribution in [-0.4, -0.2) is 50.1 Å². The van der Waals surface area contributed by atoms with Crippen molar-refractivity contribution in [1.29, 1.82) is 0 Å². The second kappa shape index (κ2) is 9.19. The second-order valence-electron chi connectivity index (χ2n) is 7.15. The van der Waals surface area contributed by atoms with Crippen LogP contribution in [0.15, 0.2) is 47.4 Å². The third kappa shape index (κ3) is 5.88. The lowest BCUT2D eigenvalue weighted by Gasteiger charge is -2.23. The first-order valence-electron chi connectivity index (χ1n) is 9.15. The van der Waals surface area contributed by atoms with Crippen LogP contribution in [0.2, 0.25) is 0 Å². The van der Waals surface area contributed by atoms with Crippen LogP contribution in [0, 0.1) is 13.8 Å². The largest absolute Gasteiger partial charge is 0.340 e. The zero-order valence-corrected chi connectivity index (χ0v) is 18.2. The van der Waals surface area contributed by atoms with Crippen molar-refractivity contribution in [3.63, 3.8) is 0 Å². The summed E-state index contributed by atoms with van der Waals surface area (Å²) in [6, 6.07) is 11.8. The van der Waals surface area contributed by atoms with Gasteiger partial charge < -0.3 is 10.2 Å². The average molecular weight is 418 g/mol. The first kappa shape index (κ1) is 22.6. The number of nitrogens with zero attached hydrogens (tertiary/aromatic N) is 2. The van der Waals surface area contributed by atoms with Gasteiger partial charge in [0.15, 0.2) is 0 Å². The van der Waals surface area contributed by atoms with E-state index in [9.17, 15) is 18.0 Å². The molecule has 0 unspecified atom stereocenters. The van der Waals surface area contributed by atoms with Gasteiger partial charge >= 0.3 is 0 Å². The topological polar surface area (TPSA) is 86.8 Å². The highest BCUT2D eigenvalue weighted by atomic mass is 32.2. The van der Waals surface area contributed by atoms with Gasteiger partial charge in [-0.2, -0.15) is 4.31 Å². The van der Waals surface area contributed by atoms with Crippen LogP contribution in [0.25, 0.3) is 0 Å². The lowest BCUT2D eigenvalue weighted by Crippen LogP contribution is -2.39. The number of amides is 2.